The van der Waals surface area contributed by atoms with Crippen LogP contribution >= 0.6 is 11.6 Å². The minimum atomic E-state index is -0.809. The number of nitrogens with zero attached hydrogens (tertiary/aromatic N) is 2. The van der Waals surface area contributed by atoms with Crippen molar-refractivity contribution in [3.63, 3.8) is 0 Å². The number of amides is 3. The van der Waals surface area contributed by atoms with Crippen molar-refractivity contribution in [1.82, 2.24) is 15.5 Å². The first-order valence-electron chi connectivity index (χ1n) is 9.06. The molecule has 3 aromatic rings. The highest BCUT2D eigenvalue weighted by Gasteiger charge is 2.20. The molecule has 0 aliphatic carbocycles. The SMILES string of the molecule is NC(=O)N[C@@H](CC(=O)OCC(=O)Nc1nnc(-c2ccccc2)o1)c1ccc(Cl)cc1. The smallest absolute Gasteiger partial charge is 0.322 e. The number of primary amides is 1. The van der Waals surface area contributed by atoms with Crippen molar-refractivity contribution >= 4 is 35.5 Å². The number of benzene rings is 2. The van der Waals surface area contributed by atoms with Gasteiger partial charge in [-0.3, -0.25) is 14.9 Å². The Morgan fingerprint density at radius 3 is 2.45 bits per heavy atom. The van der Waals surface area contributed by atoms with Crippen LogP contribution in [0.4, 0.5) is 10.8 Å². The number of nitrogens with one attached hydrogen (secondary N) is 2. The van der Waals surface area contributed by atoms with E-state index < -0.39 is 30.6 Å². The molecule has 1 aromatic heterocycles. The van der Waals surface area contributed by atoms with Crippen molar-refractivity contribution in [2.24, 2.45) is 5.73 Å². The van der Waals surface area contributed by atoms with E-state index in [1.54, 1.807) is 36.4 Å². The predicted octanol–water partition coefficient (Wildman–Crippen LogP) is 2.67. The van der Waals surface area contributed by atoms with Gasteiger partial charge in [-0.1, -0.05) is 47.0 Å². The van der Waals surface area contributed by atoms with Crippen LogP contribution in [0.1, 0.15) is 18.0 Å². The van der Waals surface area contributed by atoms with Gasteiger partial charge in [0.25, 0.3) is 5.91 Å². The molecule has 3 rings (SSSR count). The average molecular weight is 444 g/mol. The number of nitrogens with two attached hydrogens (primary N) is 1. The molecule has 1 heterocycles. The van der Waals surface area contributed by atoms with Crippen LogP contribution < -0.4 is 16.4 Å². The summed E-state index contributed by atoms with van der Waals surface area (Å²) in [7, 11) is 0. The molecule has 0 radical (unpaired) electrons. The highest BCUT2D eigenvalue weighted by molar-refractivity contribution is 6.30. The molecule has 0 fully saturated rings. The third-order valence-electron chi connectivity index (χ3n) is 4.02. The maximum absolute atomic E-state index is 12.1. The van der Waals surface area contributed by atoms with Gasteiger partial charge in [-0.15, -0.1) is 5.10 Å². The molecule has 0 saturated heterocycles. The molecule has 4 N–H and O–H groups in total. The first kappa shape index (κ1) is 21.8. The zero-order valence-corrected chi connectivity index (χ0v) is 16.8. The van der Waals surface area contributed by atoms with Crippen LogP contribution in [0.2, 0.25) is 5.02 Å². The summed E-state index contributed by atoms with van der Waals surface area (Å²) in [5.41, 5.74) is 6.47. The van der Waals surface area contributed by atoms with Crippen molar-refractivity contribution in [2.45, 2.75) is 12.5 Å². The van der Waals surface area contributed by atoms with Crippen LogP contribution in [0, 0.1) is 0 Å². The first-order chi connectivity index (χ1) is 14.9. The summed E-state index contributed by atoms with van der Waals surface area (Å²) in [5.74, 6) is -1.15. The van der Waals surface area contributed by atoms with E-state index >= 15 is 0 Å². The van der Waals surface area contributed by atoms with Gasteiger partial charge in [-0.2, -0.15) is 0 Å². The Bertz CT molecular complexity index is 1060. The summed E-state index contributed by atoms with van der Waals surface area (Å²) in [6.45, 7) is -0.578. The Morgan fingerprint density at radius 1 is 1.06 bits per heavy atom. The zero-order chi connectivity index (χ0) is 22.2. The lowest BCUT2D eigenvalue weighted by molar-refractivity contribution is -0.147. The number of anilines is 1. The van der Waals surface area contributed by atoms with Gasteiger partial charge in [0.05, 0.1) is 12.5 Å². The number of esters is 1. The van der Waals surface area contributed by atoms with Crippen LogP contribution in [-0.2, 0) is 14.3 Å². The van der Waals surface area contributed by atoms with Crippen LogP contribution in [0.5, 0.6) is 0 Å². The average Bonchev–Trinajstić information content (AvgIpc) is 3.21. The number of ether oxygens (including phenoxy) is 1. The molecule has 1 atom stereocenters. The minimum absolute atomic E-state index is 0.130. The van der Waals surface area contributed by atoms with Crippen molar-refractivity contribution in [1.29, 1.82) is 0 Å². The molecule has 0 aliphatic rings. The highest BCUT2D eigenvalue weighted by atomic mass is 35.5. The number of halogens is 1. The molecular formula is C20H18ClN5O5. The fourth-order valence-corrected chi connectivity index (χ4v) is 2.74. The minimum Gasteiger partial charge on any atom is -0.455 e. The standard InChI is InChI=1S/C20H18ClN5O5/c21-14-8-6-12(7-9-14)15(23-19(22)29)10-17(28)30-11-16(27)24-20-26-25-18(31-20)13-4-2-1-3-5-13/h1-9,15H,10-11H2,(H3,22,23,29)(H,24,26,27)/t15-/m0/s1. The zero-order valence-electron chi connectivity index (χ0n) is 16.1. The summed E-state index contributed by atoms with van der Waals surface area (Å²) in [6, 6.07) is 13.8. The maximum Gasteiger partial charge on any atom is 0.322 e. The predicted molar refractivity (Wildman–Crippen MR) is 111 cm³/mol. The van der Waals surface area contributed by atoms with E-state index in [9.17, 15) is 14.4 Å². The number of rotatable bonds is 8. The maximum atomic E-state index is 12.1. The van der Waals surface area contributed by atoms with Crippen molar-refractivity contribution < 1.29 is 23.5 Å². The number of hydrogen-bond donors (Lipinski definition) is 3. The second-order valence-electron chi connectivity index (χ2n) is 6.30. The lowest BCUT2D eigenvalue weighted by atomic mass is 10.0. The van der Waals surface area contributed by atoms with Gasteiger partial charge in [0.1, 0.15) is 0 Å². The van der Waals surface area contributed by atoms with Gasteiger partial charge in [0.2, 0.25) is 5.89 Å². The van der Waals surface area contributed by atoms with Gasteiger partial charge in [-0.05, 0) is 29.8 Å². The first-order valence-corrected chi connectivity index (χ1v) is 9.44. The van der Waals surface area contributed by atoms with E-state index in [0.717, 1.165) is 0 Å². The van der Waals surface area contributed by atoms with Gasteiger partial charge in [0.15, 0.2) is 6.61 Å². The van der Waals surface area contributed by atoms with Crippen LogP contribution in [0.3, 0.4) is 0 Å². The lowest BCUT2D eigenvalue weighted by Crippen LogP contribution is -2.35. The monoisotopic (exact) mass is 443 g/mol. The van der Waals surface area contributed by atoms with Crippen molar-refractivity contribution in [2.75, 3.05) is 11.9 Å². The number of aromatic nitrogens is 2. The van der Waals surface area contributed by atoms with Crippen LogP contribution in [-0.4, -0.2) is 34.7 Å². The van der Waals surface area contributed by atoms with E-state index in [-0.39, 0.29) is 18.3 Å². The normalized spacial score (nSPS) is 11.4. The van der Waals surface area contributed by atoms with Crippen LogP contribution in [0.15, 0.2) is 59.0 Å². The third-order valence-corrected chi connectivity index (χ3v) is 4.27. The summed E-state index contributed by atoms with van der Waals surface area (Å²) in [6.07, 6.45) is -0.240. The Hall–Kier alpha value is -3.92. The highest BCUT2D eigenvalue weighted by Crippen LogP contribution is 2.21. The molecule has 11 heteroatoms. The Morgan fingerprint density at radius 2 is 1.77 bits per heavy atom. The fraction of sp³-hybridized carbons (Fsp3) is 0.150. The molecule has 0 unspecified atom stereocenters. The van der Waals surface area contributed by atoms with Crippen LogP contribution in [0.25, 0.3) is 11.5 Å². The topological polar surface area (TPSA) is 149 Å². The van der Waals surface area contributed by atoms with E-state index in [0.29, 0.717) is 16.1 Å². The molecule has 3 amide bonds. The number of urea groups is 1. The fourth-order valence-electron chi connectivity index (χ4n) is 2.62. The summed E-state index contributed by atoms with van der Waals surface area (Å²) in [5, 5.41) is 12.9. The molecule has 0 spiro atoms. The van der Waals surface area contributed by atoms with E-state index in [2.05, 4.69) is 20.8 Å². The van der Waals surface area contributed by atoms with Gasteiger partial charge in [0, 0.05) is 10.6 Å². The Labute approximate surface area is 181 Å². The van der Waals surface area contributed by atoms with Gasteiger partial charge < -0.3 is 20.2 Å². The van der Waals surface area contributed by atoms with E-state index in [1.807, 2.05) is 18.2 Å². The van der Waals surface area contributed by atoms with E-state index in [4.69, 9.17) is 26.5 Å². The molecule has 0 saturated carbocycles. The third kappa shape index (κ3) is 6.54. The summed E-state index contributed by atoms with van der Waals surface area (Å²) >= 11 is 5.85. The number of carbonyl (C=O) groups excluding carboxylic acids is 3. The summed E-state index contributed by atoms with van der Waals surface area (Å²) in [4.78, 5) is 35.4. The second-order valence-corrected chi connectivity index (χ2v) is 6.74. The summed E-state index contributed by atoms with van der Waals surface area (Å²) < 4.78 is 10.3. The molecule has 31 heavy (non-hydrogen) atoms. The van der Waals surface area contributed by atoms with Crippen molar-refractivity contribution in [3.05, 3.63) is 65.2 Å². The number of hydrogen-bond acceptors (Lipinski definition) is 7. The second kappa shape index (κ2) is 10.2. The van der Waals surface area contributed by atoms with Gasteiger partial charge in [-0.25, -0.2) is 4.79 Å². The molecule has 2 aromatic carbocycles. The quantitative estimate of drug-likeness (QED) is 0.453. The lowest BCUT2D eigenvalue weighted by Gasteiger charge is -2.17. The molecule has 0 bridgehead atoms. The van der Waals surface area contributed by atoms with Crippen molar-refractivity contribution in [3.8, 4) is 11.5 Å². The Balaban J connectivity index is 1.52. The Kier molecular flexibility index (Phi) is 7.17. The molecule has 0 aliphatic heterocycles. The largest absolute Gasteiger partial charge is 0.455 e. The molecule has 160 valence electrons. The number of carbonyl (C=O) groups is 3. The van der Waals surface area contributed by atoms with Gasteiger partial charge >= 0.3 is 18.0 Å². The molecule has 10 nitrogen and oxygen atoms in total. The molecular weight excluding hydrogens is 426 g/mol. The van der Waals surface area contributed by atoms with E-state index in [1.165, 1.54) is 0 Å².